The fourth-order valence-corrected chi connectivity index (χ4v) is 4.76. The second-order valence-electron chi connectivity index (χ2n) is 7.68. The third-order valence-corrected chi connectivity index (χ3v) is 6.81. The van der Waals surface area contributed by atoms with Crippen LogP contribution in [0.5, 0.6) is 11.5 Å². The first-order chi connectivity index (χ1) is 16.5. The Morgan fingerprint density at radius 1 is 1.06 bits per heavy atom. The molecule has 5 nitrogen and oxygen atoms in total. The predicted molar refractivity (Wildman–Crippen MR) is 143 cm³/mol. The molecule has 0 bridgehead atoms. The van der Waals surface area contributed by atoms with Crippen LogP contribution >= 0.6 is 27.7 Å². The summed E-state index contributed by atoms with van der Waals surface area (Å²) in [5.74, 6) is 1.14. The van der Waals surface area contributed by atoms with Crippen LogP contribution < -0.4 is 9.47 Å². The lowest BCUT2D eigenvalue weighted by atomic mass is 10.1. The Labute approximate surface area is 212 Å². The summed E-state index contributed by atoms with van der Waals surface area (Å²) in [4.78, 5) is 20.2. The molecule has 1 heterocycles. The van der Waals surface area contributed by atoms with Gasteiger partial charge >= 0.3 is 0 Å². The number of hydrogen-bond donors (Lipinski definition) is 0. The largest absolute Gasteiger partial charge is 0.493 e. The van der Waals surface area contributed by atoms with Crippen LogP contribution in [0.1, 0.15) is 23.6 Å². The van der Waals surface area contributed by atoms with Crippen molar-refractivity contribution in [2.75, 3.05) is 13.7 Å². The quantitative estimate of drug-likeness (QED) is 0.306. The number of methoxy groups -OCH3 is 1. The molecule has 34 heavy (non-hydrogen) atoms. The van der Waals surface area contributed by atoms with Crippen LogP contribution in [-0.4, -0.2) is 29.6 Å². The first-order valence-corrected chi connectivity index (χ1v) is 12.5. The van der Waals surface area contributed by atoms with Gasteiger partial charge in [0.25, 0.3) is 5.91 Å². The summed E-state index contributed by atoms with van der Waals surface area (Å²) in [6, 6.07) is 21.6. The molecular formula is C27H25BrN2O3S. The van der Waals surface area contributed by atoms with Gasteiger partial charge in [-0.1, -0.05) is 57.9 Å². The average molecular weight is 537 g/mol. The Balaban J connectivity index is 1.64. The molecule has 1 amide bonds. The number of carbonyl (C=O) groups excluding carboxylic acids is 1. The molecule has 7 heteroatoms. The lowest BCUT2D eigenvalue weighted by molar-refractivity contribution is -0.122. The highest BCUT2D eigenvalue weighted by molar-refractivity contribution is 9.10. The maximum absolute atomic E-state index is 13.2. The van der Waals surface area contributed by atoms with Gasteiger partial charge in [0.15, 0.2) is 16.7 Å². The molecule has 0 N–H and O–H groups in total. The van der Waals surface area contributed by atoms with E-state index in [0.29, 0.717) is 34.7 Å². The number of carbonyl (C=O) groups is 1. The molecule has 0 atom stereocenters. The lowest BCUT2D eigenvalue weighted by Crippen LogP contribution is -2.28. The smallest absolute Gasteiger partial charge is 0.266 e. The van der Waals surface area contributed by atoms with Crippen molar-refractivity contribution in [1.29, 1.82) is 0 Å². The second kappa shape index (κ2) is 10.9. The molecule has 0 radical (unpaired) electrons. The van der Waals surface area contributed by atoms with Crippen LogP contribution in [0.4, 0.5) is 5.69 Å². The summed E-state index contributed by atoms with van der Waals surface area (Å²) < 4.78 is 12.7. The van der Waals surface area contributed by atoms with Crippen molar-refractivity contribution < 1.29 is 14.3 Å². The van der Waals surface area contributed by atoms with Crippen LogP contribution in [0.2, 0.25) is 0 Å². The van der Waals surface area contributed by atoms with Crippen molar-refractivity contribution in [3.63, 3.8) is 0 Å². The minimum Gasteiger partial charge on any atom is -0.493 e. The molecule has 0 aliphatic carbocycles. The number of amidine groups is 1. The highest BCUT2D eigenvalue weighted by Crippen LogP contribution is 2.38. The molecule has 0 unspecified atom stereocenters. The van der Waals surface area contributed by atoms with Crippen LogP contribution in [0.15, 0.2) is 81.1 Å². The Morgan fingerprint density at radius 3 is 2.47 bits per heavy atom. The van der Waals surface area contributed by atoms with Gasteiger partial charge in [-0.25, -0.2) is 4.99 Å². The SMILES string of the molecule is CCN1C(=O)/C(=C\c2cccc(OC)c2OCc2ccc(Br)cc2)SC1=Nc1ccc(C)cc1. The number of benzene rings is 3. The van der Waals surface area contributed by atoms with Crippen molar-refractivity contribution in [1.82, 2.24) is 4.90 Å². The van der Waals surface area contributed by atoms with Crippen molar-refractivity contribution >= 4 is 50.5 Å². The van der Waals surface area contributed by atoms with E-state index < -0.39 is 0 Å². The van der Waals surface area contributed by atoms with Gasteiger partial charge in [0.1, 0.15) is 6.61 Å². The van der Waals surface area contributed by atoms with E-state index in [1.807, 2.05) is 86.7 Å². The Kier molecular flexibility index (Phi) is 7.75. The Morgan fingerprint density at radius 2 is 1.79 bits per heavy atom. The zero-order valence-corrected chi connectivity index (χ0v) is 21.7. The van der Waals surface area contributed by atoms with E-state index in [2.05, 4.69) is 15.9 Å². The van der Waals surface area contributed by atoms with Crippen LogP contribution in [-0.2, 0) is 11.4 Å². The fourth-order valence-electron chi connectivity index (χ4n) is 3.44. The van der Waals surface area contributed by atoms with Gasteiger partial charge in [-0.2, -0.15) is 0 Å². The number of rotatable bonds is 7. The van der Waals surface area contributed by atoms with E-state index in [1.165, 1.54) is 17.3 Å². The van der Waals surface area contributed by atoms with Crippen molar-refractivity contribution in [3.8, 4) is 11.5 Å². The van der Waals surface area contributed by atoms with Crippen LogP contribution in [0.25, 0.3) is 6.08 Å². The van der Waals surface area contributed by atoms with E-state index in [9.17, 15) is 4.79 Å². The molecule has 0 aromatic heterocycles. The van der Waals surface area contributed by atoms with E-state index in [1.54, 1.807) is 12.0 Å². The van der Waals surface area contributed by atoms with Gasteiger partial charge in [-0.3, -0.25) is 9.69 Å². The summed E-state index contributed by atoms with van der Waals surface area (Å²) in [5, 5.41) is 0.669. The number of para-hydroxylation sites is 1. The monoisotopic (exact) mass is 536 g/mol. The molecule has 3 aromatic carbocycles. The summed E-state index contributed by atoms with van der Waals surface area (Å²) in [5.41, 5.74) is 3.80. The molecular weight excluding hydrogens is 512 g/mol. The van der Waals surface area contributed by atoms with E-state index in [-0.39, 0.29) is 5.91 Å². The Bertz CT molecular complexity index is 1240. The second-order valence-corrected chi connectivity index (χ2v) is 9.61. The molecule has 1 saturated heterocycles. The number of halogens is 1. The van der Waals surface area contributed by atoms with Crippen molar-refractivity contribution in [2.24, 2.45) is 4.99 Å². The number of likely N-dealkylation sites (N-methyl/N-ethyl adjacent to an activating group) is 1. The van der Waals surface area contributed by atoms with Gasteiger partial charge in [0.2, 0.25) is 0 Å². The third kappa shape index (κ3) is 5.54. The summed E-state index contributed by atoms with van der Waals surface area (Å²) >= 11 is 4.82. The number of aliphatic imine (C=N–C) groups is 1. The molecule has 1 fully saturated rings. The summed E-state index contributed by atoms with van der Waals surface area (Å²) in [6.07, 6.45) is 1.85. The number of thioether (sulfide) groups is 1. The number of aryl methyl sites for hydroxylation is 1. The topological polar surface area (TPSA) is 51.1 Å². The number of ether oxygens (including phenoxy) is 2. The zero-order valence-electron chi connectivity index (χ0n) is 19.2. The van der Waals surface area contributed by atoms with Crippen molar-refractivity contribution in [3.05, 3.63) is 92.8 Å². The maximum atomic E-state index is 13.2. The van der Waals surface area contributed by atoms with E-state index in [4.69, 9.17) is 14.5 Å². The molecule has 174 valence electrons. The first kappa shape index (κ1) is 24.1. The van der Waals surface area contributed by atoms with E-state index >= 15 is 0 Å². The summed E-state index contributed by atoms with van der Waals surface area (Å²) in [7, 11) is 1.61. The Hall–Kier alpha value is -3.03. The minimum absolute atomic E-state index is 0.0694. The summed E-state index contributed by atoms with van der Waals surface area (Å²) in [6.45, 7) is 4.91. The lowest BCUT2D eigenvalue weighted by Gasteiger charge is -2.14. The maximum Gasteiger partial charge on any atom is 0.266 e. The van der Waals surface area contributed by atoms with Gasteiger partial charge in [0.05, 0.1) is 17.7 Å². The van der Waals surface area contributed by atoms with Crippen LogP contribution in [0, 0.1) is 6.92 Å². The average Bonchev–Trinajstić information content (AvgIpc) is 3.14. The molecule has 0 spiro atoms. The standard InChI is InChI=1S/C27H25BrN2O3S/c1-4-30-26(31)24(34-27(30)29-22-14-8-18(2)9-15-22)16-20-6-5-7-23(32-3)25(20)33-17-19-10-12-21(28)13-11-19/h5-16H,4,17H2,1-3H3/b24-16+,29-27?. The molecule has 3 aromatic rings. The van der Waals surface area contributed by atoms with Crippen molar-refractivity contribution in [2.45, 2.75) is 20.5 Å². The number of hydrogen-bond acceptors (Lipinski definition) is 5. The molecule has 1 aliphatic heterocycles. The van der Waals surface area contributed by atoms with Gasteiger partial charge in [-0.15, -0.1) is 0 Å². The molecule has 4 rings (SSSR count). The predicted octanol–water partition coefficient (Wildman–Crippen LogP) is 6.97. The highest BCUT2D eigenvalue weighted by Gasteiger charge is 2.32. The normalized spacial score (nSPS) is 15.9. The van der Waals surface area contributed by atoms with Gasteiger partial charge in [-0.05, 0) is 67.6 Å². The number of amides is 1. The van der Waals surface area contributed by atoms with Crippen LogP contribution in [0.3, 0.4) is 0 Å². The van der Waals surface area contributed by atoms with Gasteiger partial charge < -0.3 is 9.47 Å². The minimum atomic E-state index is -0.0694. The highest BCUT2D eigenvalue weighted by atomic mass is 79.9. The number of nitrogens with zero attached hydrogens (tertiary/aromatic N) is 2. The van der Waals surface area contributed by atoms with E-state index in [0.717, 1.165) is 21.3 Å². The van der Waals surface area contributed by atoms with Gasteiger partial charge in [0, 0.05) is 16.6 Å². The molecule has 1 aliphatic rings. The fraction of sp³-hybridized carbons (Fsp3) is 0.185. The zero-order chi connectivity index (χ0) is 24.1. The third-order valence-electron chi connectivity index (χ3n) is 5.28. The first-order valence-electron chi connectivity index (χ1n) is 10.9. The molecule has 0 saturated carbocycles.